The molecule has 1 aromatic heterocycles. The summed E-state index contributed by atoms with van der Waals surface area (Å²) >= 11 is 0. The topological polar surface area (TPSA) is 68.3 Å². The summed E-state index contributed by atoms with van der Waals surface area (Å²) in [5.41, 5.74) is 6.65. The first kappa shape index (κ1) is 12.2. The summed E-state index contributed by atoms with van der Waals surface area (Å²) in [4.78, 5) is 12.0. The molecular weight excluding hydrogens is 216 g/mol. The number of carbonyl (C=O) groups is 1. The van der Waals surface area contributed by atoms with Crippen molar-refractivity contribution >= 4 is 5.91 Å². The minimum atomic E-state index is -0.0794. The molecule has 94 valence electrons. The van der Waals surface area contributed by atoms with E-state index in [1.807, 2.05) is 6.92 Å². The molecule has 4 nitrogen and oxygen atoms in total. The Labute approximate surface area is 102 Å². The van der Waals surface area contributed by atoms with E-state index in [2.05, 4.69) is 5.32 Å². The lowest BCUT2D eigenvalue weighted by Crippen LogP contribution is -2.46. The zero-order valence-electron chi connectivity index (χ0n) is 10.2. The molecule has 1 fully saturated rings. The van der Waals surface area contributed by atoms with Gasteiger partial charge >= 0.3 is 0 Å². The van der Waals surface area contributed by atoms with Crippen molar-refractivity contribution in [3.8, 4) is 0 Å². The second kappa shape index (κ2) is 5.36. The van der Waals surface area contributed by atoms with Gasteiger partial charge in [0.15, 0.2) is 0 Å². The van der Waals surface area contributed by atoms with Gasteiger partial charge in [-0.2, -0.15) is 0 Å². The van der Waals surface area contributed by atoms with Crippen molar-refractivity contribution in [1.82, 2.24) is 5.32 Å². The summed E-state index contributed by atoms with van der Waals surface area (Å²) in [6, 6.07) is 1.92. The van der Waals surface area contributed by atoms with E-state index in [4.69, 9.17) is 10.2 Å². The molecule has 0 aliphatic heterocycles. The van der Waals surface area contributed by atoms with Crippen molar-refractivity contribution in [3.63, 3.8) is 0 Å². The SMILES string of the molecule is Cc1cc(C(=O)NC2CCCCCC2N)co1. The lowest BCUT2D eigenvalue weighted by atomic mass is 10.0. The van der Waals surface area contributed by atoms with Gasteiger partial charge < -0.3 is 15.5 Å². The van der Waals surface area contributed by atoms with Crippen molar-refractivity contribution in [2.75, 3.05) is 0 Å². The van der Waals surface area contributed by atoms with Crippen LogP contribution < -0.4 is 11.1 Å². The van der Waals surface area contributed by atoms with Crippen molar-refractivity contribution < 1.29 is 9.21 Å². The zero-order chi connectivity index (χ0) is 12.3. The quantitative estimate of drug-likeness (QED) is 0.771. The van der Waals surface area contributed by atoms with Crippen LogP contribution in [0.15, 0.2) is 16.7 Å². The van der Waals surface area contributed by atoms with Gasteiger partial charge in [0.2, 0.25) is 0 Å². The van der Waals surface area contributed by atoms with Gasteiger partial charge in [-0.15, -0.1) is 0 Å². The van der Waals surface area contributed by atoms with Crippen LogP contribution in [0.3, 0.4) is 0 Å². The Morgan fingerprint density at radius 1 is 1.41 bits per heavy atom. The van der Waals surface area contributed by atoms with E-state index >= 15 is 0 Å². The Balaban J connectivity index is 1.97. The van der Waals surface area contributed by atoms with Crippen LogP contribution in [0.2, 0.25) is 0 Å². The third-order valence-corrected chi connectivity index (χ3v) is 3.38. The molecule has 1 saturated carbocycles. The zero-order valence-corrected chi connectivity index (χ0v) is 10.2. The minimum absolute atomic E-state index is 0.0782. The Kier molecular flexibility index (Phi) is 3.84. The molecule has 2 unspecified atom stereocenters. The molecule has 3 N–H and O–H groups in total. The molecule has 4 heteroatoms. The van der Waals surface area contributed by atoms with Gasteiger partial charge in [-0.3, -0.25) is 4.79 Å². The van der Waals surface area contributed by atoms with Crippen LogP contribution in [0.5, 0.6) is 0 Å². The summed E-state index contributed by atoms with van der Waals surface area (Å²) < 4.78 is 5.13. The first-order valence-corrected chi connectivity index (χ1v) is 6.28. The average Bonchev–Trinajstić information content (AvgIpc) is 2.63. The van der Waals surface area contributed by atoms with Crippen molar-refractivity contribution in [3.05, 3.63) is 23.7 Å². The van der Waals surface area contributed by atoms with E-state index < -0.39 is 0 Å². The van der Waals surface area contributed by atoms with Crippen LogP contribution in [0.4, 0.5) is 0 Å². The lowest BCUT2D eigenvalue weighted by Gasteiger charge is -2.22. The largest absolute Gasteiger partial charge is 0.469 e. The molecule has 1 amide bonds. The predicted octanol–water partition coefficient (Wildman–Crippen LogP) is 1.98. The van der Waals surface area contributed by atoms with E-state index in [0.29, 0.717) is 5.56 Å². The van der Waals surface area contributed by atoms with Gasteiger partial charge in [0.1, 0.15) is 12.0 Å². The van der Waals surface area contributed by atoms with E-state index in [0.717, 1.165) is 25.0 Å². The van der Waals surface area contributed by atoms with Crippen LogP contribution in [0.25, 0.3) is 0 Å². The molecule has 1 heterocycles. The lowest BCUT2D eigenvalue weighted by molar-refractivity contribution is 0.0928. The monoisotopic (exact) mass is 236 g/mol. The van der Waals surface area contributed by atoms with Crippen LogP contribution in [-0.2, 0) is 0 Å². The minimum Gasteiger partial charge on any atom is -0.469 e. The Hall–Kier alpha value is -1.29. The van der Waals surface area contributed by atoms with Crippen LogP contribution in [-0.4, -0.2) is 18.0 Å². The highest BCUT2D eigenvalue weighted by Gasteiger charge is 2.22. The first-order valence-electron chi connectivity index (χ1n) is 6.28. The highest BCUT2D eigenvalue weighted by molar-refractivity contribution is 5.94. The third-order valence-electron chi connectivity index (χ3n) is 3.38. The van der Waals surface area contributed by atoms with Crippen LogP contribution in [0, 0.1) is 6.92 Å². The number of aryl methyl sites for hydroxylation is 1. The van der Waals surface area contributed by atoms with Gasteiger partial charge in [-0.05, 0) is 25.8 Å². The van der Waals surface area contributed by atoms with Gasteiger partial charge in [-0.1, -0.05) is 19.3 Å². The number of carbonyl (C=O) groups excluding carboxylic acids is 1. The molecule has 0 saturated heterocycles. The molecule has 1 aliphatic rings. The second-order valence-corrected chi connectivity index (χ2v) is 4.83. The van der Waals surface area contributed by atoms with E-state index in [9.17, 15) is 4.79 Å². The number of hydrogen-bond acceptors (Lipinski definition) is 3. The number of hydrogen-bond donors (Lipinski definition) is 2. The Morgan fingerprint density at radius 2 is 2.18 bits per heavy atom. The molecule has 0 radical (unpaired) electrons. The highest BCUT2D eigenvalue weighted by atomic mass is 16.3. The van der Waals surface area contributed by atoms with Crippen molar-refractivity contribution in [2.24, 2.45) is 5.73 Å². The molecular formula is C13H20N2O2. The Bertz CT molecular complexity index is 387. The molecule has 17 heavy (non-hydrogen) atoms. The first-order chi connectivity index (χ1) is 8.16. The standard InChI is InChI=1S/C13H20N2O2/c1-9-7-10(8-17-9)13(16)15-12-6-4-2-3-5-11(12)14/h7-8,11-12H,2-6,14H2,1H3,(H,15,16). The number of furan rings is 1. The smallest absolute Gasteiger partial charge is 0.254 e. The van der Waals surface area contributed by atoms with Crippen LogP contribution in [0.1, 0.15) is 48.2 Å². The van der Waals surface area contributed by atoms with Gasteiger partial charge in [0, 0.05) is 12.1 Å². The predicted molar refractivity (Wildman–Crippen MR) is 65.8 cm³/mol. The van der Waals surface area contributed by atoms with E-state index in [1.54, 1.807) is 6.07 Å². The molecule has 1 aliphatic carbocycles. The molecule has 0 aromatic carbocycles. The number of nitrogens with one attached hydrogen (secondary N) is 1. The van der Waals surface area contributed by atoms with Gasteiger partial charge in [0.05, 0.1) is 5.56 Å². The number of rotatable bonds is 2. The summed E-state index contributed by atoms with van der Waals surface area (Å²) in [6.45, 7) is 1.83. The van der Waals surface area contributed by atoms with E-state index in [-0.39, 0.29) is 18.0 Å². The van der Waals surface area contributed by atoms with Gasteiger partial charge in [-0.25, -0.2) is 0 Å². The fraction of sp³-hybridized carbons (Fsp3) is 0.615. The van der Waals surface area contributed by atoms with E-state index in [1.165, 1.54) is 19.1 Å². The summed E-state index contributed by atoms with van der Waals surface area (Å²) in [5.74, 6) is 0.671. The molecule has 0 bridgehead atoms. The fourth-order valence-electron chi connectivity index (χ4n) is 2.33. The molecule has 2 atom stereocenters. The highest BCUT2D eigenvalue weighted by Crippen LogP contribution is 2.17. The maximum atomic E-state index is 12.0. The normalized spacial score (nSPS) is 25.3. The number of nitrogens with two attached hydrogens (primary N) is 1. The summed E-state index contributed by atoms with van der Waals surface area (Å²) in [7, 11) is 0. The maximum Gasteiger partial charge on any atom is 0.254 e. The maximum absolute atomic E-state index is 12.0. The summed E-state index contributed by atoms with van der Waals surface area (Å²) in [6.07, 6.45) is 6.98. The molecule has 1 aromatic rings. The fourth-order valence-corrected chi connectivity index (χ4v) is 2.33. The van der Waals surface area contributed by atoms with Crippen molar-refractivity contribution in [2.45, 2.75) is 51.1 Å². The second-order valence-electron chi connectivity index (χ2n) is 4.83. The molecule has 0 spiro atoms. The third kappa shape index (κ3) is 3.09. The average molecular weight is 236 g/mol. The van der Waals surface area contributed by atoms with Gasteiger partial charge in [0.25, 0.3) is 5.91 Å². The van der Waals surface area contributed by atoms with Crippen LogP contribution >= 0.6 is 0 Å². The Morgan fingerprint density at radius 3 is 2.88 bits per heavy atom. The number of amides is 1. The summed E-state index contributed by atoms with van der Waals surface area (Å²) in [5, 5.41) is 3.01. The molecule has 2 rings (SSSR count). The van der Waals surface area contributed by atoms with Crippen molar-refractivity contribution in [1.29, 1.82) is 0 Å².